The summed E-state index contributed by atoms with van der Waals surface area (Å²) in [7, 11) is 0. The van der Waals surface area contributed by atoms with E-state index < -0.39 is 37.1 Å². The summed E-state index contributed by atoms with van der Waals surface area (Å²) in [5.74, 6) is 1.02. The van der Waals surface area contributed by atoms with Gasteiger partial charge in [-0.05, 0) is 34.6 Å². The van der Waals surface area contributed by atoms with Gasteiger partial charge >= 0.3 is 0 Å². The van der Waals surface area contributed by atoms with Crippen LogP contribution in [-0.4, -0.2) is 58.1 Å². The molecule has 0 aliphatic carbocycles. The summed E-state index contributed by atoms with van der Waals surface area (Å²) in [6.45, 7) is 4.29. The molecule has 2 aromatic carbocycles. The van der Waals surface area contributed by atoms with Crippen LogP contribution in [0.5, 0.6) is 5.75 Å². The van der Waals surface area contributed by atoms with Gasteiger partial charge in [-0.25, -0.2) is 0 Å². The first kappa shape index (κ1) is 22.5. The highest BCUT2D eigenvalue weighted by atomic mass is 35.5. The molecule has 0 bridgehead atoms. The number of fused-ring (bicyclic) bond motifs is 1. The predicted octanol–water partition coefficient (Wildman–Crippen LogP) is 2.50. The highest BCUT2D eigenvalue weighted by molar-refractivity contribution is 6.33. The number of halogens is 1. The fourth-order valence-electron chi connectivity index (χ4n) is 4.39. The van der Waals surface area contributed by atoms with Gasteiger partial charge in [0.2, 0.25) is 0 Å². The third-order valence-corrected chi connectivity index (χ3v) is 6.69. The van der Waals surface area contributed by atoms with Crippen molar-refractivity contribution < 1.29 is 29.9 Å². The van der Waals surface area contributed by atoms with Crippen LogP contribution in [0.1, 0.15) is 53.7 Å². The molecule has 1 fully saturated rings. The molecular weight excluding hydrogens is 420 g/mol. The second kappa shape index (κ2) is 9.06. The lowest BCUT2D eigenvalue weighted by molar-refractivity contribution is -0.231. The summed E-state index contributed by atoms with van der Waals surface area (Å²) in [6.07, 6.45) is -4.89. The molecular formula is C24H29ClO6. The first-order valence-electron chi connectivity index (χ1n) is 10.7. The Morgan fingerprint density at radius 3 is 2.42 bits per heavy atom. The number of benzene rings is 2. The molecule has 2 aromatic rings. The van der Waals surface area contributed by atoms with E-state index in [-0.39, 0.29) is 0 Å². The van der Waals surface area contributed by atoms with Crippen molar-refractivity contribution in [3.05, 3.63) is 63.2 Å². The minimum atomic E-state index is -1.43. The Labute approximate surface area is 187 Å². The molecule has 0 radical (unpaired) electrons. The average Bonchev–Trinajstić information content (AvgIpc) is 3.25. The number of hydrogen-bond acceptors (Lipinski definition) is 6. The Morgan fingerprint density at radius 2 is 1.77 bits per heavy atom. The minimum Gasteiger partial charge on any atom is -0.491 e. The van der Waals surface area contributed by atoms with Gasteiger partial charge in [0.25, 0.3) is 0 Å². The molecule has 4 rings (SSSR count). The largest absolute Gasteiger partial charge is 0.491 e. The molecule has 0 aromatic heterocycles. The van der Waals surface area contributed by atoms with E-state index in [2.05, 4.69) is 38.1 Å². The van der Waals surface area contributed by atoms with E-state index in [4.69, 9.17) is 21.1 Å². The van der Waals surface area contributed by atoms with E-state index in [0.29, 0.717) is 41.7 Å². The summed E-state index contributed by atoms with van der Waals surface area (Å²) in [5.41, 5.74) is 4.67. The maximum Gasteiger partial charge on any atom is 0.141 e. The molecule has 0 amide bonds. The van der Waals surface area contributed by atoms with Crippen LogP contribution >= 0.6 is 11.6 Å². The Kier molecular flexibility index (Phi) is 6.58. The summed E-state index contributed by atoms with van der Waals surface area (Å²) >= 11 is 6.68. The molecule has 31 heavy (non-hydrogen) atoms. The van der Waals surface area contributed by atoms with Crippen LogP contribution in [0.25, 0.3) is 0 Å². The SMILES string of the molecule is CC(C)c1ccc(Cc2cc(C3OC(CO)C(O)C(O)C3O)c3c(c2Cl)OCC3)cc1. The molecule has 0 spiro atoms. The minimum absolute atomic E-state index is 0.448. The zero-order valence-electron chi connectivity index (χ0n) is 17.7. The lowest BCUT2D eigenvalue weighted by atomic mass is 9.87. The Bertz CT molecular complexity index is 927. The van der Waals surface area contributed by atoms with E-state index in [9.17, 15) is 20.4 Å². The highest BCUT2D eigenvalue weighted by Gasteiger charge is 2.45. The zero-order chi connectivity index (χ0) is 22.3. The van der Waals surface area contributed by atoms with E-state index in [1.807, 2.05) is 6.07 Å². The van der Waals surface area contributed by atoms with Crippen molar-refractivity contribution in [2.24, 2.45) is 0 Å². The standard InChI is InChI=1S/C24H29ClO6/c1-12(2)14-5-3-13(4-6-14)9-15-10-17(16-7-8-30-23(16)19(15)25)24-22(29)21(28)20(27)18(11-26)31-24/h3-6,10,12,18,20-22,24,26-29H,7-9,11H2,1-2H3. The number of rotatable bonds is 5. The third kappa shape index (κ3) is 4.21. The topological polar surface area (TPSA) is 99.4 Å². The fourth-order valence-corrected chi connectivity index (χ4v) is 4.68. The van der Waals surface area contributed by atoms with Gasteiger partial charge in [0.15, 0.2) is 0 Å². The molecule has 4 N–H and O–H groups in total. The van der Waals surface area contributed by atoms with Crippen LogP contribution < -0.4 is 4.74 Å². The van der Waals surface area contributed by atoms with Crippen LogP contribution in [-0.2, 0) is 17.6 Å². The summed E-state index contributed by atoms with van der Waals surface area (Å²) < 4.78 is 11.6. The summed E-state index contributed by atoms with van der Waals surface area (Å²) in [4.78, 5) is 0. The van der Waals surface area contributed by atoms with Gasteiger partial charge < -0.3 is 29.9 Å². The Morgan fingerprint density at radius 1 is 1.06 bits per heavy atom. The Balaban J connectivity index is 1.71. The van der Waals surface area contributed by atoms with Crippen LogP contribution in [0.2, 0.25) is 5.02 Å². The molecule has 1 saturated heterocycles. The summed E-state index contributed by atoms with van der Waals surface area (Å²) in [6, 6.07) is 10.3. The van der Waals surface area contributed by atoms with Crippen molar-refractivity contribution in [1.29, 1.82) is 0 Å². The van der Waals surface area contributed by atoms with Crippen molar-refractivity contribution in [1.82, 2.24) is 0 Å². The van der Waals surface area contributed by atoms with Gasteiger partial charge in [0.1, 0.15) is 36.3 Å². The molecule has 7 heteroatoms. The molecule has 2 aliphatic rings. The molecule has 5 atom stereocenters. The first-order valence-corrected chi connectivity index (χ1v) is 11.1. The number of ether oxygens (including phenoxy) is 2. The van der Waals surface area contributed by atoms with E-state index in [1.165, 1.54) is 5.56 Å². The lowest BCUT2D eigenvalue weighted by Gasteiger charge is -2.40. The quantitative estimate of drug-likeness (QED) is 0.561. The van der Waals surface area contributed by atoms with Crippen molar-refractivity contribution >= 4 is 11.6 Å². The average molecular weight is 449 g/mol. The third-order valence-electron chi connectivity index (χ3n) is 6.27. The monoisotopic (exact) mass is 448 g/mol. The van der Waals surface area contributed by atoms with Crippen LogP contribution in [0, 0.1) is 0 Å². The van der Waals surface area contributed by atoms with Gasteiger partial charge in [0.05, 0.1) is 18.2 Å². The normalized spacial score (nSPS) is 27.9. The number of hydrogen-bond donors (Lipinski definition) is 4. The molecule has 0 saturated carbocycles. The number of aliphatic hydroxyl groups excluding tert-OH is 4. The fraction of sp³-hybridized carbons (Fsp3) is 0.500. The van der Waals surface area contributed by atoms with Gasteiger partial charge in [-0.2, -0.15) is 0 Å². The second-order valence-corrected chi connectivity index (χ2v) is 9.05. The van der Waals surface area contributed by atoms with Gasteiger partial charge in [0, 0.05) is 12.0 Å². The second-order valence-electron chi connectivity index (χ2n) is 8.67. The van der Waals surface area contributed by atoms with Gasteiger partial charge in [-0.15, -0.1) is 0 Å². The van der Waals surface area contributed by atoms with Crippen molar-refractivity contribution in [2.45, 2.75) is 63.1 Å². The molecule has 5 unspecified atom stereocenters. The van der Waals surface area contributed by atoms with Crippen molar-refractivity contribution in [3.63, 3.8) is 0 Å². The van der Waals surface area contributed by atoms with E-state index in [1.54, 1.807) is 0 Å². The van der Waals surface area contributed by atoms with Gasteiger partial charge in [-0.1, -0.05) is 55.8 Å². The van der Waals surface area contributed by atoms with E-state index >= 15 is 0 Å². The van der Waals surface area contributed by atoms with Crippen LogP contribution in [0.15, 0.2) is 30.3 Å². The smallest absolute Gasteiger partial charge is 0.141 e. The summed E-state index contributed by atoms with van der Waals surface area (Å²) in [5, 5.41) is 41.1. The molecule has 2 aliphatic heterocycles. The number of aliphatic hydroxyl groups is 4. The van der Waals surface area contributed by atoms with E-state index in [0.717, 1.165) is 16.7 Å². The maximum absolute atomic E-state index is 10.6. The highest BCUT2D eigenvalue weighted by Crippen LogP contribution is 2.44. The van der Waals surface area contributed by atoms with Crippen molar-refractivity contribution in [3.8, 4) is 5.75 Å². The van der Waals surface area contributed by atoms with Crippen LogP contribution in [0.3, 0.4) is 0 Å². The van der Waals surface area contributed by atoms with Crippen molar-refractivity contribution in [2.75, 3.05) is 13.2 Å². The van der Waals surface area contributed by atoms with Crippen LogP contribution in [0.4, 0.5) is 0 Å². The molecule has 6 nitrogen and oxygen atoms in total. The maximum atomic E-state index is 10.6. The predicted molar refractivity (Wildman–Crippen MR) is 117 cm³/mol. The zero-order valence-corrected chi connectivity index (χ0v) is 18.4. The Hall–Kier alpha value is -1.67. The van der Waals surface area contributed by atoms with Gasteiger partial charge in [-0.3, -0.25) is 0 Å². The first-order chi connectivity index (χ1) is 14.8. The molecule has 168 valence electrons. The lowest BCUT2D eigenvalue weighted by Crippen LogP contribution is -2.55. The molecule has 2 heterocycles.